The largest absolute Gasteiger partial charge is 0.345 e. The molecular weight excluding hydrogens is 366 g/mol. The highest BCUT2D eigenvalue weighted by Gasteiger charge is 2.32. The molecule has 0 spiro atoms. The lowest BCUT2D eigenvalue weighted by molar-refractivity contribution is 0.384. The Labute approximate surface area is 160 Å². The first-order chi connectivity index (χ1) is 12.1. The zero-order valence-electron chi connectivity index (χ0n) is 16.1. The molecule has 1 fully saturated rings. The second-order valence-electron chi connectivity index (χ2n) is 7.89. The molecule has 1 aliphatic heterocycles. The molecule has 1 saturated heterocycles. The molecule has 142 valence electrons. The van der Waals surface area contributed by atoms with Gasteiger partial charge < -0.3 is 4.90 Å². The smallest absolute Gasteiger partial charge is 0.243 e. The molecule has 0 saturated carbocycles. The third-order valence-corrected chi connectivity index (χ3v) is 7.89. The van der Waals surface area contributed by atoms with Crippen molar-refractivity contribution < 1.29 is 8.42 Å². The second kappa shape index (κ2) is 6.94. The number of rotatable bonds is 3. The molecule has 0 bridgehead atoms. The van der Waals surface area contributed by atoms with Crippen LogP contribution in [0.25, 0.3) is 0 Å². The molecule has 0 radical (unpaired) electrons. The minimum Gasteiger partial charge on any atom is -0.345 e. The molecule has 1 aromatic heterocycles. The number of aryl methyl sites for hydroxylation is 2. The molecule has 26 heavy (non-hydrogen) atoms. The Morgan fingerprint density at radius 3 is 2.08 bits per heavy atom. The Hall–Kier alpha value is -1.44. The van der Waals surface area contributed by atoms with E-state index in [9.17, 15) is 8.42 Å². The zero-order valence-corrected chi connectivity index (χ0v) is 17.7. The summed E-state index contributed by atoms with van der Waals surface area (Å²) in [6.07, 6.45) is 1.78. The summed E-state index contributed by atoms with van der Waals surface area (Å²) < 4.78 is 28.2. The number of aromatic nitrogens is 1. The van der Waals surface area contributed by atoms with Crippen LogP contribution in [-0.4, -0.2) is 43.9 Å². The van der Waals surface area contributed by atoms with Gasteiger partial charge in [-0.3, -0.25) is 0 Å². The van der Waals surface area contributed by atoms with Crippen LogP contribution in [0.15, 0.2) is 28.6 Å². The Kier molecular flexibility index (Phi) is 5.16. The maximum Gasteiger partial charge on any atom is 0.243 e. The van der Waals surface area contributed by atoms with E-state index in [-0.39, 0.29) is 5.41 Å². The Bertz CT molecular complexity index is 853. The summed E-state index contributed by atoms with van der Waals surface area (Å²) >= 11 is 1.59. The first-order valence-electron chi connectivity index (χ1n) is 8.87. The van der Waals surface area contributed by atoms with Gasteiger partial charge in [0.05, 0.1) is 4.90 Å². The molecule has 0 amide bonds. The maximum atomic E-state index is 13.3. The van der Waals surface area contributed by atoms with Crippen LogP contribution < -0.4 is 4.90 Å². The van der Waals surface area contributed by atoms with E-state index in [1.807, 2.05) is 31.4 Å². The van der Waals surface area contributed by atoms with Crippen LogP contribution in [-0.2, 0) is 15.4 Å². The van der Waals surface area contributed by atoms with Crippen molar-refractivity contribution in [2.45, 2.75) is 44.9 Å². The third-order valence-electron chi connectivity index (χ3n) is 4.85. The van der Waals surface area contributed by atoms with Gasteiger partial charge in [0.25, 0.3) is 0 Å². The summed E-state index contributed by atoms with van der Waals surface area (Å²) in [6, 6.07) is 4.04. The van der Waals surface area contributed by atoms with Gasteiger partial charge >= 0.3 is 0 Å². The van der Waals surface area contributed by atoms with E-state index in [1.54, 1.807) is 21.8 Å². The SMILES string of the molecule is Cc1cc(C(C)(C)C)cc(C)c1S(=O)(=O)N1CCN(c2nccs2)CC1. The van der Waals surface area contributed by atoms with E-state index < -0.39 is 10.0 Å². The molecule has 2 heterocycles. The third kappa shape index (κ3) is 3.66. The fourth-order valence-corrected chi connectivity index (χ4v) is 5.94. The maximum absolute atomic E-state index is 13.3. The number of thiazole rings is 1. The molecule has 0 aliphatic carbocycles. The second-order valence-corrected chi connectivity index (χ2v) is 10.6. The van der Waals surface area contributed by atoms with Gasteiger partial charge in [0.1, 0.15) is 0 Å². The van der Waals surface area contributed by atoms with Crippen molar-refractivity contribution in [3.8, 4) is 0 Å². The number of nitrogens with zero attached hydrogens (tertiary/aromatic N) is 3. The molecule has 1 aromatic carbocycles. The van der Waals surface area contributed by atoms with Gasteiger partial charge in [-0.1, -0.05) is 32.9 Å². The van der Waals surface area contributed by atoms with Gasteiger partial charge in [0, 0.05) is 37.8 Å². The number of hydrogen-bond donors (Lipinski definition) is 0. The number of piperazine rings is 1. The van der Waals surface area contributed by atoms with Crippen LogP contribution in [0, 0.1) is 13.8 Å². The predicted molar refractivity (Wildman–Crippen MR) is 108 cm³/mol. The molecule has 3 rings (SSSR count). The average molecular weight is 394 g/mol. The number of sulfonamides is 1. The Morgan fingerprint density at radius 2 is 1.62 bits per heavy atom. The van der Waals surface area contributed by atoms with Crippen molar-refractivity contribution in [2.75, 3.05) is 31.1 Å². The van der Waals surface area contributed by atoms with Gasteiger partial charge in [-0.05, 0) is 36.0 Å². The molecule has 5 nitrogen and oxygen atoms in total. The van der Waals surface area contributed by atoms with E-state index >= 15 is 0 Å². The minimum atomic E-state index is -3.49. The van der Waals surface area contributed by atoms with Crippen molar-refractivity contribution in [2.24, 2.45) is 0 Å². The minimum absolute atomic E-state index is 0.00283. The highest BCUT2D eigenvalue weighted by molar-refractivity contribution is 7.89. The summed E-state index contributed by atoms with van der Waals surface area (Å²) in [5.74, 6) is 0. The van der Waals surface area contributed by atoms with Gasteiger partial charge in [0.15, 0.2) is 5.13 Å². The van der Waals surface area contributed by atoms with Crippen molar-refractivity contribution in [3.05, 3.63) is 40.4 Å². The lowest BCUT2D eigenvalue weighted by Gasteiger charge is -2.34. The fraction of sp³-hybridized carbons (Fsp3) is 0.526. The monoisotopic (exact) mass is 393 g/mol. The van der Waals surface area contributed by atoms with E-state index in [1.165, 1.54) is 5.56 Å². The van der Waals surface area contributed by atoms with Gasteiger partial charge in [-0.2, -0.15) is 4.31 Å². The van der Waals surface area contributed by atoms with E-state index in [0.717, 1.165) is 16.3 Å². The molecule has 2 aromatic rings. The summed E-state index contributed by atoms with van der Waals surface area (Å²) in [5, 5.41) is 2.91. The normalized spacial score (nSPS) is 16.9. The van der Waals surface area contributed by atoms with E-state index in [2.05, 4.69) is 30.7 Å². The number of hydrogen-bond acceptors (Lipinski definition) is 5. The lowest BCUT2D eigenvalue weighted by Crippen LogP contribution is -2.48. The van der Waals surface area contributed by atoms with Crippen molar-refractivity contribution in [1.29, 1.82) is 0 Å². The predicted octanol–water partition coefficient (Wildman–Crippen LogP) is 3.57. The van der Waals surface area contributed by atoms with Crippen molar-refractivity contribution >= 4 is 26.5 Å². The molecule has 7 heteroatoms. The van der Waals surface area contributed by atoms with Crippen LogP contribution in [0.3, 0.4) is 0 Å². The molecule has 0 unspecified atom stereocenters. The molecule has 1 aliphatic rings. The molecule has 0 atom stereocenters. The van der Waals surface area contributed by atoms with Gasteiger partial charge in [-0.15, -0.1) is 11.3 Å². The highest BCUT2D eigenvalue weighted by Crippen LogP contribution is 2.31. The van der Waals surface area contributed by atoms with Crippen LogP contribution in [0.2, 0.25) is 0 Å². The first kappa shape index (κ1) is 19.3. The standard InChI is InChI=1S/C19H27N3O2S2/c1-14-12-16(19(3,4)5)13-15(2)17(14)26(23,24)22-9-7-21(8-10-22)18-20-6-11-25-18/h6,11-13H,7-10H2,1-5H3. The average Bonchev–Trinajstić information content (AvgIpc) is 3.07. The summed E-state index contributed by atoms with van der Waals surface area (Å²) in [6.45, 7) is 12.6. The first-order valence-corrected chi connectivity index (χ1v) is 11.2. The Balaban J connectivity index is 1.85. The highest BCUT2D eigenvalue weighted by atomic mass is 32.2. The van der Waals surface area contributed by atoms with Crippen molar-refractivity contribution in [1.82, 2.24) is 9.29 Å². The van der Waals surface area contributed by atoms with Crippen LogP contribution in [0.4, 0.5) is 5.13 Å². The summed E-state index contributed by atoms with van der Waals surface area (Å²) in [5.41, 5.74) is 2.83. The van der Waals surface area contributed by atoms with Gasteiger partial charge in [-0.25, -0.2) is 13.4 Å². The molecular formula is C19H27N3O2S2. The quantitative estimate of drug-likeness (QED) is 0.800. The van der Waals surface area contributed by atoms with Crippen LogP contribution >= 0.6 is 11.3 Å². The van der Waals surface area contributed by atoms with E-state index in [0.29, 0.717) is 31.1 Å². The number of benzene rings is 1. The van der Waals surface area contributed by atoms with Gasteiger partial charge in [0.2, 0.25) is 10.0 Å². The lowest BCUT2D eigenvalue weighted by atomic mass is 9.85. The summed E-state index contributed by atoms with van der Waals surface area (Å²) in [7, 11) is -3.49. The Morgan fingerprint density at radius 1 is 1.04 bits per heavy atom. The topological polar surface area (TPSA) is 53.5 Å². The van der Waals surface area contributed by atoms with Crippen molar-refractivity contribution in [3.63, 3.8) is 0 Å². The zero-order chi connectivity index (χ0) is 19.1. The molecule has 0 N–H and O–H groups in total. The van der Waals surface area contributed by atoms with Crippen LogP contribution in [0.1, 0.15) is 37.5 Å². The number of anilines is 1. The summed E-state index contributed by atoms with van der Waals surface area (Å²) in [4.78, 5) is 6.94. The van der Waals surface area contributed by atoms with Crippen LogP contribution in [0.5, 0.6) is 0 Å². The van der Waals surface area contributed by atoms with E-state index in [4.69, 9.17) is 0 Å². The fourth-order valence-electron chi connectivity index (χ4n) is 3.41.